The minimum absolute atomic E-state index is 0.0821. The Morgan fingerprint density at radius 2 is 1.95 bits per heavy atom. The Morgan fingerprint density at radius 3 is 2.52 bits per heavy atom. The molecular weight excluding hydrogens is 268 g/mol. The van der Waals surface area contributed by atoms with Crippen molar-refractivity contribution in [2.24, 2.45) is 0 Å². The third-order valence-electron chi connectivity index (χ3n) is 3.13. The zero-order valence-electron chi connectivity index (χ0n) is 12.2. The number of benzene rings is 1. The largest absolute Gasteiger partial charge is 0.354 e. The van der Waals surface area contributed by atoms with Crippen molar-refractivity contribution < 1.29 is 4.92 Å². The summed E-state index contributed by atoms with van der Waals surface area (Å²) in [6, 6.07) is 7.64. The standard InChI is InChI=1S/C15H18N4O2/c1-3-9-16-15-17-10-13(19(20)21)14(18-15)12-7-5-11(4-2)6-8-12/h5-8,10H,3-4,9H2,1-2H3,(H,16,17,18). The molecule has 0 spiro atoms. The third-order valence-corrected chi connectivity index (χ3v) is 3.13. The third kappa shape index (κ3) is 3.53. The molecule has 6 nitrogen and oxygen atoms in total. The van der Waals surface area contributed by atoms with Gasteiger partial charge in [-0.1, -0.05) is 38.1 Å². The minimum Gasteiger partial charge on any atom is -0.354 e. The van der Waals surface area contributed by atoms with Crippen molar-refractivity contribution in [3.63, 3.8) is 0 Å². The van der Waals surface area contributed by atoms with Gasteiger partial charge in [0.1, 0.15) is 6.20 Å². The molecule has 0 aliphatic rings. The normalized spacial score (nSPS) is 10.4. The van der Waals surface area contributed by atoms with E-state index < -0.39 is 4.92 Å². The van der Waals surface area contributed by atoms with E-state index in [1.54, 1.807) is 0 Å². The summed E-state index contributed by atoms with van der Waals surface area (Å²) in [6.07, 6.45) is 3.12. The molecule has 1 N–H and O–H groups in total. The molecule has 2 aromatic rings. The number of hydrogen-bond acceptors (Lipinski definition) is 5. The maximum absolute atomic E-state index is 11.1. The number of nitro groups is 1. The number of anilines is 1. The zero-order chi connectivity index (χ0) is 15.2. The van der Waals surface area contributed by atoms with Crippen LogP contribution in [-0.4, -0.2) is 21.4 Å². The molecule has 0 aliphatic carbocycles. The first-order valence-electron chi connectivity index (χ1n) is 7.00. The van der Waals surface area contributed by atoms with Crippen LogP contribution in [0.1, 0.15) is 25.8 Å². The molecular formula is C15H18N4O2. The first-order valence-corrected chi connectivity index (χ1v) is 7.00. The van der Waals surface area contributed by atoms with E-state index in [0.717, 1.165) is 24.9 Å². The fraction of sp³-hybridized carbons (Fsp3) is 0.333. The van der Waals surface area contributed by atoms with E-state index in [-0.39, 0.29) is 5.69 Å². The molecule has 110 valence electrons. The van der Waals surface area contributed by atoms with Gasteiger partial charge in [-0.15, -0.1) is 0 Å². The van der Waals surface area contributed by atoms with Gasteiger partial charge >= 0.3 is 5.69 Å². The lowest BCUT2D eigenvalue weighted by Crippen LogP contribution is -2.06. The molecule has 0 amide bonds. The second-order valence-corrected chi connectivity index (χ2v) is 4.66. The van der Waals surface area contributed by atoms with E-state index in [2.05, 4.69) is 22.2 Å². The summed E-state index contributed by atoms with van der Waals surface area (Å²) in [7, 11) is 0. The number of aryl methyl sites for hydroxylation is 1. The van der Waals surface area contributed by atoms with Crippen molar-refractivity contribution in [1.29, 1.82) is 0 Å². The molecule has 0 unspecified atom stereocenters. The lowest BCUT2D eigenvalue weighted by atomic mass is 10.1. The first kappa shape index (κ1) is 14.9. The molecule has 1 aromatic heterocycles. The number of nitrogens with zero attached hydrogens (tertiary/aromatic N) is 3. The number of rotatable bonds is 6. The molecule has 21 heavy (non-hydrogen) atoms. The lowest BCUT2D eigenvalue weighted by molar-refractivity contribution is -0.384. The van der Waals surface area contributed by atoms with Gasteiger partial charge in [0.2, 0.25) is 5.95 Å². The van der Waals surface area contributed by atoms with Crippen LogP contribution in [0, 0.1) is 10.1 Å². The predicted molar refractivity (Wildman–Crippen MR) is 82.3 cm³/mol. The summed E-state index contributed by atoms with van der Waals surface area (Å²) in [5, 5.41) is 14.2. The van der Waals surface area contributed by atoms with Gasteiger partial charge in [-0.25, -0.2) is 9.97 Å². The van der Waals surface area contributed by atoms with Crippen molar-refractivity contribution in [2.45, 2.75) is 26.7 Å². The molecule has 0 saturated carbocycles. The van der Waals surface area contributed by atoms with Gasteiger partial charge in [0, 0.05) is 12.1 Å². The van der Waals surface area contributed by atoms with Crippen LogP contribution in [0.2, 0.25) is 0 Å². The Kier molecular flexibility index (Phi) is 4.81. The molecule has 0 aliphatic heterocycles. The van der Waals surface area contributed by atoms with Crippen LogP contribution in [0.15, 0.2) is 30.5 Å². The van der Waals surface area contributed by atoms with Gasteiger partial charge < -0.3 is 5.32 Å². The molecule has 0 radical (unpaired) electrons. The van der Waals surface area contributed by atoms with Gasteiger partial charge in [0.05, 0.1) is 4.92 Å². The molecule has 1 heterocycles. The van der Waals surface area contributed by atoms with Crippen LogP contribution in [0.4, 0.5) is 11.6 Å². The maximum Gasteiger partial charge on any atom is 0.313 e. The highest BCUT2D eigenvalue weighted by Crippen LogP contribution is 2.28. The van der Waals surface area contributed by atoms with E-state index >= 15 is 0 Å². The van der Waals surface area contributed by atoms with Gasteiger partial charge in [-0.3, -0.25) is 10.1 Å². The summed E-state index contributed by atoms with van der Waals surface area (Å²) in [6.45, 7) is 4.82. The van der Waals surface area contributed by atoms with Crippen LogP contribution < -0.4 is 5.32 Å². The van der Waals surface area contributed by atoms with E-state index in [4.69, 9.17) is 0 Å². The van der Waals surface area contributed by atoms with Gasteiger partial charge in [0.25, 0.3) is 0 Å². The Hall–Kier alpha value is -2.50. The summed E-state index contributed by atoms with van der Waals surface area (Å²) in [5.74, 6) is 0.414. The highest BCUT2D eigenvalue weighted by molar-refractivity contribution is 5.70. The SMILES string of the molecule is CCCNc1ncc([N+](=O)[O-])c(-c2ccc(CC)cc2)n1. The van der Waals surface area contributed by atoms with Crippen LogP contribution in [0.25, 0.3) is 11.3 Å². The van der Waals surface area contributed by atoms with Crippen molar-refractivity contribution in [2.75, 3.05) is 11.9 Å². The van der Waals surface area contributed by atoms with E-state index in [1.165, 1.54) is 11.8 Å². The highest BCUT2D eigenvalue weighted by atomic mass is 16.6. The Morgan fingerprint density at radius 1 is 1.24 bits per heavy atom. The van der Waals surface area contributed by atoms with Gasteiger partial charge in [0.15, 0.2) is 5.69 Å². The van der Waals surface area contributed by atoms with Crippen molar-refractivity contribution in [1.82, 2.24) is 9.97 Å². The molecule has 0 bridgehead atoms. The smallest absolute Gasteiger partial charge is 0.313 e. The maximum atomic E-state index is 11.1. The lowest BCUT2D eigenvalue weighted by Gasteiger charge is -2.07. The zero-order valence-corrected chi connectivity index (χ0v) is 12.2. The number of nitrogens with one attached hydrogen (secondary N) is 1. The molecule has 1 aromatic carbocycles. The monoisotopic (exact) mass is 286 g/mol. The Labute approximate surface area is 123 Å². The average molecular weight is 286 g/mol. The highest BCUT2D eigenvalue weighted by Gasteiger charge is 2.18. The minimum atomic E-state index is -0.452. The van der Waals surface area contributed by atoms with Crippen molar-refractivity contribution in [3.8, 4) is 11.3 Å². The summed E-state index contributed by atoms with van der Waals surface area (Å²) in [4.78, 5) is 19.0. The van der Waals surface area contributed by atoms with Gasteiger partial charge in [-0.05, 0) is 18.4 Å². The number of hydrogen-bond donors (Lipinski definition) is 1. The van der Waals surface area contributed by atoms with E-state index in [9.17, 15) is 10.1 Å². The van der Waals surface area contributed by atoms with E-state index in [0.29, 0.717) is 11.6 Å². The summed E-state index contributed by atoms with van der Waals surface area (Å²) >= 11 is 0. The quantitative estimate of drug-likeness (QED) is 0.650. The van der Waals surface area contributed by atoms with E-state index in [1.807, 2.05) is 31.2 Å². The fourth-order valence-corrected chi connectivity index (χ4v) is 1.94. The van der Waals surface area contributed by atoms with Crippen molar-refractivity contribution >= 4 is 11.6 Å². The average Bonchev–Trinajstić information content (AvgIpc) is 2.52. The predicted octanol–water partition coefficient (Wildman–Crippen LogP) is 3.44. The summed E-state index contributed by atoms with van der Waals surface area (Å²) in [5.41, 5.74) is 2.16. The summed E-state index contributed by atoms with van der Waals surface area (Å²) < 4.78 is 0. The van der Waals surface area contributed by atoms with Crippen LogP contribution in [0.5, 0.6) is 0 Å². The number of aromatic nitrogens is 2. The molecule has 0 saturated heterocycles. The fourth-order valence-electron chi connectivity index (χ4n) is 1.94. The molecule has 2 rings (SSSR count). The Bertz CT molecular complexity index is 626. The van der Waals surface area contributed by atoms with Crippen LogP contribution in [-0.2, 0) is 6.42 Å². The molecule has 0 atom stereocenters. The molecule has 6 heteroatoms. The first-order chi connectivity index (χ1) is 10.2. The van der Waals surface area contributed by atoms with Gasteiger partial charge in [-0.2, -0.15) is 0 Å². The Balaban J connectivity index is 2.43. The second-order valence-electron chi connectivity index (χ2n) is 4.66. The van der Waals surface area contributed by atoms with Crippen LogP contribution >= 0.6 is 0 Å². The van der Waals surface area contributed by atoms with Crippen LogP contribution in [0.3, 0.4) is 0 Å². The van der Waals surface area contributed by atoms with Crippen molar-refractivity contribution in [3.05, 3.63) is 46.1 Å². The molecule has 0 fully saturated rings. The second kappa shape index (κ2) is 6.78. The topological polar surface area (TPSA) is 81.0 Å².